The van der Waals surface area contributed by atoms with E-state index in [1.54, 1.807) is 48.5 Å². The van der Waals surface area contributed by atoms with Crippen LogP contribution in [0.2, 0.25) is 0 Å². The first-order valence-corrected chi connectivity index (χ1v) is 5.75. The van der Waals surface area contributed by atoms with Crippen molar-refractivity contribution in [2.24, 2.45) is 5.73 Å². The lowest BCUT2D eigenvalue weighted by atomic mass is 10.1. The third-order valence-corrected chi connectivity index (χ3v) is 2.59. The number of ether oxygens (including phenoxy) is 1. The number of carbonyl (C=O) groups excluding carboxylic acids is 2. The Morgan fingerprint density at radius 1 is 0.947 bits per heavy atom. The van der Waals surface area contributed by atoms with Gasteiger partial charge in [0.25, 0.3) is 0 Å². The van der Waals surface area contributed by atoms with Gasteiger partial charge in [-0.25, -0.2) is 0 Å². The Morgan fingerprint density at radius 2 is 1.47 bits per heavy atom. The normalized spacial score (nSPS) is 9.95. The fourth-order valence-electron chi connectivity index (χ4n) is 1.63. The van der Waals surface area contributed by atoms with Crippen molar-refractivity contribution in [3.63, 3.8) is 0 Å². The second kappa shape index (κ2) is 5.35. The molecule has 2 aromatic carbocycles. The summed E-state index contributed by atoms with van der Waals surface area (Å²) in [5.41, 5.74) is 6.15. The number of primary amides is 1. The third kappa shape index (κ3) is 3.19. The van der Waals surface area contributed by atoms with Gasteiger partial charge in [-0.1, -0.05) is 18.2 Å². The van der Waals surface area contributed by atoms with Gasteiger partial charge in [0.15, 0.2) is 5.78 Å². The van der Waals surface area contributed by atoms with E-state index in [1.165, 1.54) is 6.92 Å². The highest BCUT2D eigenvalue weighted by Crippen LogP contribution is 2.23. The molecular weight excluding hydrogens is 242 g/mol. The van der Waals surface area contributed by atoms with Gasteiger partial charge in [0.2, 0.25) is 5.91 Å². The molecule has 2 N–H and O–H groups in total. The minimum absolute atomic E-state index is 0.0312. The molecule has 0 atom stereocenters. The molecule has 96 valence electrons. The van der Waals surface area contributed by atoms with E-state index in [1.807, 2.05) is 0 Å². The molecule has 0 aliphatic rings. The number of hydrogen-bond donors (Lipinski definition) is 1. The maximum atomic E-state index is 11.3. The van der Waals surface area contributed by atoms with Crippen LogP contribution in [0.5, 0.6) is 11.5 Å². The summed E-state index contributed by atoms with van der Waals surface area (Å²) in [6, 6.07) is 13.4. The lowest BCUT2D eigenvalue weighted by molar-refractivity contribution is 0.0996. The highest BCUT2D eigenvalue weighted by molar-refractivity contribution is 5.94. The second-order valence-electron chi connectivity index (χ2n) is 4.08. The molecule has 0 bridgehead atoms. The molecule has 1 amide bonds. The molecule has 2 rings (SSSR count). The molecule has 0 fully saturated rings. The van der Waals surface area contributed by atoms with Gasteiger partial charge in [0.1, 0.15) is 11.5 Å². The van der Waals surface area contributed by atoms with Crippen molar-refractivity contribution in [3.05, 3.63) is 59.7 Å². The Labute approximate surface area is 110 Å². The van der Waals surface area contributed by atoms with E-state index in [0.717, 1.165) is 0 Å². The van der Waals surface area contributed by atoms with Crippen LogP contribution in [0.3, 0.4) is 0 Å². The first kappa shape index (κ1) is 12.8. The molecule has 0 saturated heterocycles. The van der Waals surface area contributed by atoms with E-state index in [-0.39, 0.29) is 5.78 Å². The molecule has 4 heteroatoms. The second-order valence-corrected chi connectivity index (χ2v) is 4.08. The zero-order chi connectivity index (χ0) is 13.8. The molecule has 19 heavy (non-hydrogen) atoms. The summed E-state index contributed by atoms with van der Waals surface area (Å²) in [4.78, 5) is 22.3. The summed E-state index contributed by atoms with van der Waals surface area (Å²) in [7, 11) is 0. The maximum absolute atomic E-state index is 11.3. The molecule has 0 unspecified atom stereocenters. The fraction of sp³-hybridized carbons (Fsp3) is 0.0667. The van der Waals surface area contributed by atoms with Crippen LogP contribution in [0.15, 0.2) is 48.5 Å². The highest BCUT2D eigenvalue weighted by atomic mass is 16.5. The third-order valence-electron chi connectivity index (χ3n) is 2.59. The Bertz CT molecular complexity index is 579. The quantitative estimate of drug-likeness (QED) is 0.854. The number of Topliss-reactive ketones (excluding diaryl/α,β-unsaturated/α-hetero) is 1. The van der Waals surface area contributed by atoms with Crippen molar-refractivity contribution in [3.8, 4) is 11.5 Å². The molecule has 0 saturated carbocycles. The average Bonchev–Trinajstić information content (AvgIpc) is 2.39. The smallest absolute Gasteiger partial charge is 0.248 e. The van der Waals surface area contributed by atoms with E-state index in [4.69, 9.17) is 10.5 Å². The van der Waals surface area contributed by atoms with Crippen molar-refractivity contribution >= 4 is 11.7 Å². The fourth-order valence-corrected chi connectivity index (χ4v) is 1.63. The summed E-state index contributed by atoms with van der Waals surface area (Å²) in [5.74, 6) is 0.491. The Morgan fingerprint density at radius 3 is 2.00 bits per heavy atom. The van der Waals surface area contributed by atoms with Gasteiger partial charge in [-0.2, -0.15) is 0 Å². The van der Waals surface area contributed by atoms with Crippen LogP contribution in [-0.2, 0) is 0 Å². The molecule has 4 nitrogen and oxygen atoms in total. The van der Waals surface area contributed by atoms with Crippen molar-refractivity contribution in [1.29, 1.82) is 0 Å². The van der Waals surface area contributed by atoms with E-state index in [9.17, 15) is 9.59 Å². The number of hydrogen-bond acceptors (Lipinski definition) is 3. The van der Waals surface area contributed by atoms with Crippen LogP contribution < -0.4 is 10.5 Å². The SMILES string of the molecule is CC(=O)c1cccc(Oc2cccc(C(N)=O)c2)c1. The van der Waals surface area contributed by atoms with Gasteiger partial charge in [0, 0.05) is 11.1 Å². The standard InChI is InChI=1S/C15H13NO3/c1-10(17)11-4-2-6-13(8-11)19-14-7-3-5-12(9-14)15(16)18/h2-9H,1H3,(H2,16,18). The topological polar surface area (TPSA) is 69.4 Å². The lowest BCUT2D eigenvalue weighted by Gasteiger charge is -2.07. The summed E-state index contributed by atoms with van der Waals surface area (Å²) in [6.07, 6.45) is 0. The highest BCUT2D eigenvalue weighted by Gasteiger charge is 2.05. The van der Waals surface area contributed by atoms with Crippen LogP contribution in [0.1, 0.15) is 27.6 Å². The molecule has 2 aromatic rings. The molecule has 0 heterocycles. The van der Waals surface area contributed by atoms with Crippen LogP contribution in [-0.4, -0.2) is 11.7 Å². The molecule has 0 aliphatic carbocycles. The molecule has 0 aromatic heterocycles. The first-order valence-electron chi connectivity index (χ1n) is 5.75. The van der Waals surface area contributed by atoms with Gasteiger partial charge in [-0.05, 0) is 37.3 Å². The molecular formula is C15H13NO3. The van der Waals surface area contributed by atoms with Crippen molar-refractivity contribution in [2.45, 2.75) is 6.92 Å². The van der Waals surface area contributed by atoms with Gasteiger partial charge in [0.05, 0.1) is 0 Å². The van der Waals surface area contributed by atoms with Crippen molar-refractivity contribution in [1.82, 2.24) is 0 Å². The van der Waals surface area contributed by atoms with Gasteiger partial charge in [-0.3, -0.25) is 9.59 Å². The number of nitrogens with two attached hydrogens (primary N) is 1. The van der Waals surface area contributed by atoms with Crippen LogP contribution in [0.4, 0.5) is 0 Å². The summed E-state index contributed by atoms with van der Waals surface area (Å²) in [6.45, 7) is 1.49. The zero-order valence-corrected chi connectivity index (χ0v) is 10.4. The van der Waals surface area contributed by atoms with Gasteiger partial charge in [-0.15, -0.1) is 0 Å². The molecule has 0 aliphatic heterocycles. The van der Waals surface area contributed by atoms with Crippen LogP contribution >= 0.6 is 0 Å². The van der Waals surface area contributed by atoms with Crippen LogP contribution in [0.25, 0.3) is 0 Å². The summed E-state index contributed by atoms with van der Waals surface area (Å²) in [5, 5.41) is 0. The van der Waals surface area contributed by atoms with E-state index < -0.39 is 5.91 Å². The van der Waals surface area contributed by atoms with Crippen LogP contribution in [0, 0.1) is 0 Å². The Balaban J connectivity index is 2.26. The molecule has 0 spiro atoms. The Kier molecular flexibility index (Phi) is 3.61. The van der Waals surface area contributed by atoms with Crippen molar-refractivity contribution < 1.29 is 14.3 Å². The first-order chi connectivity index (χ1) is 9.06. The largest absolute Gasteiger partial charge is 0.457 e. The number of amides is 1. The number of carbonyl (C=O) groups is 2. The van der Waals surface area contributed by atoms with E-state index >= 15 is 0 Å². The minimum Gasteiger partial charge on any atom is -0.457 e. The zero-order valence-electron chi connectivity index (χ0n) is 10.4. The number of rotatable bonds is 4. The van der Waals surface area contributed by atoms with Crippen molar-refractivity contribution in [2.75, 3.05) is 0 Å². The number of benzene rings is 2. The minimum atomic E-state index is -0.511. The lowest BCUT2D eigenvalue weighted by Crippen LogP contribution is -2.10. The predicted molar refractivity (Wildman–Crippen MR) is 71.5 cm³/mol. The van der Waals surface area contributed by atoms with E-state index in [2.05, 4.69) is 0 Å². The maximum Gasteiger partial charge on any atom is 0.248 e. The average molecular weight is 255 g/mol. The number of ketones is 1. The van der Waals surface area contributed by atoms with E-state index in [0.29, 0.717) is 22.6 Å². The van der Waals surface area contributed by atoms with Gasteiger partial charge < -0.3 is 10.5 Å². The summed E-state index contributed by atoms with van der Waals surface area (Å²) >= 11 is 0. The van der Waals surface area contributed by atoms with Gasteiger partial charge >= 0.3 is 0 Å². The predicted octanol–water partition coefficient (Wildman–Crippen LogP) is 2.78. The molecule has 0 radical (unpaired) electrons. The monoisotopic (exact) mass is 255 g/mol. The Hall–Kier alpha value is -2.62. The summed E-state index contributed by atoms with van der Waals surface area (Å²) < 4.78 is 5.60.